The molecule has 1 amide bonds. The predicted octanol–water partition coefficient (Wildman–Crippen LogP) is 1.95. The molecule has 0 aromatic heterocycles. The SMILES string of the molecule is O=C(CSCCO)Nc1ccc(OC(F)F)cc1. The minimum absolute atomic E-state index is 0.0254. The van der Waals surface area contributed by atoms with E-state index in [0.29, 0.717) is 11.4 Å². The molecule has 0 aliphatic carbocycles. The Hall–Kier alpha value is -1.34. The quantitative estimate of drug-likeness (QED) is 0.748. The van der Waals surface area contributed by atoms with Crippen LogP contribution in [-0.4, -0.2) is 35.7 Å². The van der Waals surface area contributed by atoms with Gasteiger partial charge in [-0.05, 0) is 24.3 Å². The van der Waals surface area contributed by atoms with Crippen LogP contribution in [0.15, 0.2) is 24.3 Å². The number of amides is 1. The molecular weight excluding hydrogens is 264 g/mol. The Balaban J connectivity index is 2.40. The summed E-state index contributed by atoms with van der Waals surface area (Å²) >= 11 is 1.31. The Morgan fingerprint density at radius 3 is 2.61 bits per heavy atom. The number of ether oxygens (including phenoxy) is 1. The molecule has 0 aliphatic heterocycles. The fourth-order valence-corrected chi connectivity index (χ4v) is 1.68. The Kier molecular flexibility index (Phi) is 6.45. The van der Waals surface area contributed by atoms with E-state index < -0.39 is 6.61 Å². The molecule has 100 valence electrons. The van der Waals surface area contributed by atoms with E-state index in [1.54, 1.807) is 0 Å². The van der Waals surface area contributed by atoms with Crippen molar-refractivity contribution in [1.82, 2.24) is 0 Å². The molecule has 0 spiro atoms. The molecule has 0 atom stereocenters. The van der Waals surface area contributed by atoms with Crippen molar-refractivity contribution in [2.75, 3.05) is 23.4 Å². The summed E-state index contributed by atoms with van der Waals surface area (Å²) in [6, 6.07) is 5.66. The number of aliphatic hydroxyl groups is 1. The summed E-state index contributed by atoms with van der Waals surface area (Å²) in [5.41, 5.74) is 0.506. The zero-order chi connectivity index (χ0) is 13.4. The maximum absolute atomic E-state index is 11.9. The van der Waals surface area contributed by atoms with Crippen molar-refractivity contribution in [2.45, 2.75) is 6.61 Å². The van der Waals surface area contributed by atoms with Crippen molar-refractivity contribution in [2.24, 2.45) is 0 Å². The minimum Gasteiger partial charge on any atom is -0.435 e. The van der Waals surface area contributed by atoms with Crippen LogP contribution in [0.25, 0.3) is 0 Å². The molecule has 0 aliphatic rings. The molecule has 2 N–H and O–H groups in total. The topological polar surface area (TPSA) is 58.6 Å². The van der Waals surface area contributed by atoms with Crippen molar-refractivity contribution < 1.29 is 23.4 Å². The van der Waals surface area contributed by atoms with Crippen LogP contribution in [0.1, 0.15) is 0 Å². The highest BCUT2D eigenvalue weighted by Gasteiger charge is 2.05. The van der Waals surface area contributed by atoms with Crippen molar-refractivity contribution in [3.05, 3.63) is 24.3 Å². The molecule has 4 nitrogen and oxygen atoms in total. The van der Waals surface area contributed by atoms with E-state index >= 15 is 0 Å². The largest absolute Gasteiger partial charge is 0.435 e. The lowest BCUT2D eigenvalue weighted by atomic mass is 10.3. The van der Waals surface area contributed by atoms with Crippen LogP contribution in [0, 0.1) is 0 Å². The second-order valence-electron chi connectivity index (χ2n) is 3.23. The summed E-state index contributed by atoms with van der Waals surface area (Å²) in [5, 5.41) is 11.1. The van der Waals surface area contributed by atoms with Gasteiger partial charge in [-0.1, -0.05) is 0 Å². The molecule has 0 bridgehead atoms. The van der Waals surface area contributed by atoms with E-state index in [2.05, 4.69) is 10.1 Å². The summed E-state index contributed by atoms with van der Waals surface area (Å²) in [6.07, 6.45) is 0. The van der Waals surface area contributed by atoms with Gasteiger partial charge in [-0.15, -0.1) is 11.8 Å². The third-order valence-electron chi connectivity index (χ3n) is 1.83. The average molecular weight is 277 g/mol. The standard InChI is InChI=1S/C11H13F2NO3S/c12-11(13)17-9-3-1-8(2-4-9)14-10(16)7-18-6-5-15/h1-4,11,15H,5-7H2,(H,14,16). The zero-order valence-corrected chi connectivity index (χ0v) is 10.3. The number of halogens is 2. The monoisotopic (exact) mass is 277 g/mol. The van der Waals surface area contributed by atoms with E-state index in [9.17, 15) is 13.6 Å². The Morgan fingerprint density at radius 2 is 2.06 bits per heavy atom. The average Bonchev–Trinajstić information content (AvgIpc) is 2.31. The van der Waals surface area contributed by atoms with Crippen LogP contribution in [0.3, 0.4) is 0 Å². The van der Waals surface area contributed by atoms with Crippen LogP contribution >= 0.6 is 11.8 Å². The van der Waals surface area contributed by atoms with Gasteiger partial charge in [-0.25, -0.2) is 0 Å². The maximum atomic E-state index is 11.9. The number of rotatable bonds is 7. The van der Waals surface area contributed by atoms with E-state index in [0.717, 1.165) is 0 Å². The molecule has 0 radical (unpaired) electrons. The molecule has 1 aromatic carbocycles. The first-order valence-electron chi connectivity index (χ1n) is 5.15. The van der Waals surface area contributed by atoms with Gasteiger partial charge in [0.05, 0.1) is 12.4 Å². The molecule has 1 rings (SSSR count). The normalized spacial score (nSPS) is 10.4. The van der Waals surface area contributed by atoms with Gasteiger partial charge >= 0.3 is 6.61 Å². The molecule has 0 heterocycles. The van der Waals surface area contributed by atoms with Gasteiger partial charge < -0.3 is 15.2 Å². The molecular formula is C11H13F2NO3S. The number of hydrogen-bond donors (Lipinski definition) is 2. The fraction of sp³-hybridized carbons (Fsp3) is 0.364. The summed E-state index contributed by atoms with van der Waals surface area (Å²) in [6.45, 7) is -2.84. The number of alkyl halides is 2. The van der Waals surface area contributed by atoms with Crippen molar-refractivity contribution >= 4 is 23.4 Å². The van der Waals surface area contributed by atoms with Gasteiger partial charge in [0.2, 0.25) is 5.91 Å². The van der Waals surface area contributed by atoms with Crippen LogP contribution in [0.5, 0.6) is 5.75 Å². The van der Waals surface area contributed by atoms with E-state index in [1.165, 1.54) is 36.0 Å². The van der Waals surface area contributed by atoms with E-state index in [4.69, 9.17) is 5.11 Å². The van der Waals surface area contributed by atoms with E-state index in [1.807, 2.05) is 0 Å². The Bertz CT molecular complexity index is 373. The number of nitrogens with one attached hydrogen (secondary N) is 1. The van der Waals surface area contributed by atoms with Gasteiger partial charge in [-0.2, -0.15) is 8.78 Å². The lowest BCUT2D eigenvalue weighted by molar-refractivity contribution is -0.113. The Morgan fingerprint density at radius 1 is 1.39 bits per heavy atom. The van der Waals surface area contributed by atoms with Gasteiger partial charge in [0.25, 0.3) is 0 Å². The van der Waals surface area contributed by atoms with Crippen LogP contribution in [-0.2, 0) is 4.79 Å². The van der Waals surface area contributed by atoms with Gasteiger partial charge in [-0.3, -0.25) is 4.79 Å². The van der Waals surface area contributed by atoms with Crippen molar-refractivity contribution in [1.29, 1.82) is 0 Å². The van der Waals surface area contributed by atoms with Crippen LogP contribution in [0.2, 0.25) is 0 Å². The summed E-state index contributed by atoms with van der Waals surface area (Å²) in [5.74, 6) is 0.554. The first-order chi connectivity index (χ1) is 8.61. The minimum atomic E-state index is -2.86. The van der Waals surface area contributed by atoms with Gasteiger partial charge in [0, 0.05) is 11.4 Å². The lowest BCUT2D eigenvalue weighted by Gasteiger charge is -2.07. The summed E-state index contributed by atoms with van der Waals surface area (Å²) in [7, 11) is 0. The molecule has 18 heavy (non-hydrogen) atoms. The van der Waals surface area contributed by atoms with Crippen molar-refractivity contribution in [3.63, 3.8) is 0 Å². The van der Waals surface area contributed by atoms with Crippen LogP contribution in [0.4, 0.5) is 14.5 Å². The number of aliphatic hydroxyl groups excluding tert-OH is 1. The number of carbonyl (C=O) groups excluding carboxylic acids is 1. The van der Waals surface area contributed by atoms with Crippen LogP contribution < -0.4 is 10.1 Å². The molecule has 1 aromatic rings. The molecule has 0 saturated carbocycles. The number of hydrogen-bond acceptors (Lipinski definition) is 4. The number of benzene rings is 1. The first-order valence-corrected chi connectivity index (χ1v) is 6.30. The van der Waals surface area contributed by atoms with Gasteiger partial charge in [0.15, 0.2) is 0 Å². The highest BCUT2D eigenvalue weighted by Crippen LogP contribution is 2.17. The summed E-state index contributed by atoms with van der Waals surface area (Å²) < 4.78 is 28.0. The predicted molar refractivity (Wildman–Crippen MR) is 66.1 cm³/mol. The fourth-order valence-electron chi connectivity index (χ4n) is 1.15. The number of anilines is 1. The highest BCUT2D eigenvalue weighted by molar-refractivity contribution is 7.99. The second kappa shape index (κ2) is 7.88. The zero-order valence-electron chi connectivity index (χ0n) is 9.44. The Labute approximate surface area is 107 Å². The maximum Gasteiger partial charge on any atom is 0.387 e. The van der Waals surface area contributed by atoms with E-state index in [-0.39, 0.29) is 24.0 Å². The summed E-state index contributed by atoms with van der Waals surface area (Å²) in [4.78, 5) is 11.4. The first kappa shape index (κ1) is 14.7. The molecule has 0 unspecified atom stereocenters. The smallest absolute Gasteiger partial charge is 0.387 e. The molecule has 0 saturated heterocycles. The third-order valence-corrected chi connectivity index (χ3v) is 2.77. The molecule has 7 heteroatoms. The van der Waals surface area contributed by atoms with Gasteiger partial charge in [0.1, 0.15) is 5.75 Å². The second-order valence-corrected chi connectivity index (χ2v) is 4.33. The lowest BCUT2D eigenvalue weighted by Crippen LogP contribution is -2.14. The number of carbonyl (C=O) groups is 1. The number of thioether (sulfide) groups is 1. The highest BCUT2D eigenvalue weighted by atomic mass is 32.2. The third kappa shape index (κ3) is 5.83. The molecule has 0 fully saturated rings. The van der Waals surface area contributed by atoms with Crippen molar-refractivity contribution in [3.8, 4) is 5.75 Å².